The minimum atomic E-state index is -3.25. The molecule has 2 rings (SSSR count). The van der Waals surface area contributed by atoms with E-state index in [-0.39, 0.29) is 5.75 Å². The fourth-order valence-corrected chi connectivity index (χ4v) is 2.59. The van der Waals surface area contributed by atoms with Crippen LogP contribution in [0.1, 0.15) is 5.56 Å². The molecule has 1 aromatic carbocycles. The first-order chi connectivity index (χ1) is 9.50. The number of anilines is 2. The topological polar surface area (TPSA) is 86.9 Å². The number of imidazole rings is 1. The van der Waals surface area contributed by atoms with Crippen molar-refractivity contribution in [1.29, 1.82) is 0 Å². The van der Waals surface area contributed by atoms with Gasteiger partial charge in [0.25, 0.3) is 0 Å². The van der Waals surface area contributed by atoms with Crippen LogP contribution in [0.3, 0.4) is 0 Å². The van der Waals surface area contributed by atoms with Crippen LogP contribution in [-0.4, -0.2) is 31.2 Å². The second-order valence-corrected chi connectivity index (χ2v) is 6.65. The molecular formula is C12H15ClN4O2S. The van der Waals surface area contributed by atoms with E-state index in [9.17, 15) is 8.42 Å². The molecule has 0 spiro atoms. The summed E-state index contributed by atoms with van der Waals surface area (Å²) < 4.78 is 25.3. The van der Waals surface area contributed by atoms with Gasteiger partial charge in [0.2, 0.25) is 10.0 Å². The Bertz CT molecular complexity index is 671. The second kappa shape index (κ2) is 6.25. The minimum Gasteiger partial charge on any atom is -0.340 e. The van der Waals surface area contributed by atoms with Gasteiger partial charge in [-0.2, -0.15) is 0 Å². The van der Waals surface area contributed by atoms with Crippen LogP contribution < -0.4 is 10.0 Å². The fraction of sp³-hybridized carbons (Fsp3) is 0.250. The van der Waals surface area contributed by atoms with Crippen LogP contribution in [0.15, 0.2) is 30.7 Å². The molecule has 6 nitrogen and oxygen atoms in total. The Morgan fingerprint density at radius 2 is 2.20 bits per heavy atom. The maximum absolute atomic E-state index is 11.5. The predicted octanol–water partition coefficient (Wildman–Crippen LogP) is 1.90. The fourth-order valence-electron chi connectivity index (χ4n) is 1.71. The van der Waals surface area contributed by atoms with Gasteiger partial charge in [0.15, 0.2) is 0 Å². The monoisotopic (exact) mass is 314 g/mol. The third-order valence-electron chi connectivity index (χ3n) is 2.79. The number of aromatic nitrogens is 2. The van der Waals surface area contributed by atoms with Gasteiger partial charge in [-0.05, 0) is 37.2 Å². The van der Waals surface area contributed by atoms with Crippen LogP contribution in [0.4, 0.5) is 11.5 Å². The highest BCUT2D eigenvalue weighted by Crippen LogP contribution is 2.24. The average molecular weight is 315 g/mol. The first-order valence-electron chi connectivity index (χ1n) is 5.95. The number of rotatable bonds is 6. The molecule has 0 amide bonds. The van der Waals surface area contributed by atoms with Crippen LogP contribution in [0.2, 0.25) is 5.02 Å². The third-order valence-corrected chi connectivity index (χ3v) is 4.38. The summed E-state index contributed by atoms with van der Waals surface area (Å²) in [5.74, 6) is 0.728. The van der Waals surface area contributed by atoms with Gasteiger partial charge in [-0.15, -0.1) is 0 Å². The van der Waals surface area contributed by atoms with Crippen LogP contribution in [0.25, 0.3) is 0 Å². The molecule has 0 unspecified atom stereocenters. The molecule has 0 aliphatic carbocycles. The lowest BCUT2D eigenvalue weighted by molar-refractivity contribution is 0.587. The largest absolute Gasteiger partial charge is 0.340 e. The van der Waals surface area contributed by atoms with Gasteiger partial charge < -0.3 is 10.3 Å². The van der Waals surface area contributed by atoms with E-state index in [2.05, 4.69) is 20.0 Å². The molecule has 0 fully saturated rings. The molecule has 1 aromatic heterocycles. The van der Waals surface area contributed by atoms with Gasteiger partial charge in [-0.1, -0.05) is 11.6 Å². The smallest absolute Gasteiger partial charge is 0.211 e. The van der Waals surface area contributed by atoms with Crippen LogP contribution in [0.5, 0.6) is 0 Å². The number of nitrogens with zero attached hydrogens (tertiary/aromatic N) is 1. The zero-order chi connectivity index (χ0) is 14.6. The molecule has 3 N–H and O–H groups in total. The second-order valence-electron chi connectivity index (χ2n) is 4.16. The highest BCUT2D eigenvalue weighted by Gasteiger charge is 2.11. The maximum atomic E-state index is 11.5. The van der Waals surface area contributed by atoms with Crippen molar-refractivity contribution in [3.63, 3.8) is 0 Å². The number of hydrogen-bond acceptors (Lipinski definition) is 4. The highest BCUT2D eigenvalue weighted by atomic mass is 35.5. The molecule has 2 aromatic rings. The zero-order valence-corrected chi connectivity index (χ0v) is 12.4. The van der Waals surface area contributed by atoms with E-state index in [0.29, 0.717) is 11.4 Å². The van der Waals surface area contributed by atoms with E-state index in [1.54, 1.807) is 24.7 Å². The molecule has 0 aliphatic heterocycles. The van der Waals surface area contributed by atoms with Gasteiger partial charge in [0, 0.05) is 10.7 Å². The van der Waals surface area contributed by atoms with Crippen molar-refractivity contribution in [3.05, 3.63) is 41.3 Å². The molecule has 108 valence electrons. The van der Waals surface area contributed by atoms with E-state index in [1.807, 2.05) is 6.07 Å². The summed E-state index contributed by atoms with van der Waals surface area (Å²) in [5.41, 5.74) is 1.62. The predicted molar refractivity (Wildman–Crippen MR) is 79.9 cm³/mol. The Balaban J connectivity index is 2.20. The quantitative estimate of drug-likeness (QED) is 0.760. The summed E-state index contributed by atoms with van der Waals surface area (Å²) in [6.45, 7) is 0. The summed E-state index contributed by atoms with van der Waals surface area (Å²) in [6.07, 6.45) is 3.56. The number of hydrogen-bond donors (Lipinski definition) is 3. The number of sulfonamides is 1. The zero-order valence-electron chi connectivity index (χ0n) is 10.9. The Kier molecular flexibility index (Phi) is 4.64. The third kappa shape index (κ3) is 3.96. The lowest BCUT2D eigenvalue weighted by Crippen LogP contribution is -2.23. The summed E-state index contributed by atoms with van der Waals surface area (Å²) in [7, 11) is -1.85. The number of aryl methyl sites for hydroxylation is 1. The summed E-state index contributed by atoms with van der Waals surface area (Å²) in [6, 6.07) is 5.31. The van der Waals surface area contributed by atoms with Crippen molar-refractivity contribution in [2.75, 3.05) is 18.1 Å². The van der Waals surface area contributed by atoms with Gasteiger partial charge in [-0.3, -0.25) is 0 Å². The van der Waals surface area contributed by atoms with Crippen LogP contribution in [-0.2, 0) is 16.4 Å². The molecule has 0 bridgehead atoms. The van der Waals surface area contributed by atoms with E-state index in [4.69, 9.17) is 11.6 Å². The molecule has 0 saturated heterocycles. The Labute approximate surface area is 122 Å². The Hall–Kier alpha value is -1.57. The summed E-state index contributed by atoms with van der Waals surface area (Å²) in [4.78, 5) is 6.84. The SMILES string of the molecule is CNS(=O)(=O)CCc1cc(Cl)ccc1Nc1cnc[nH]1. The van der Waals surface area contributed by atoms with Crippen molar-refractivity contribution in [1.82, 2.24) is 14.7 Å². The van der Waals surface area contributed by atoms with E-state index in [0.717, 1.165) is 17.1 Å². The average Bonchev–Trinajstić information content (AvgIpc) is 2.92. The maximum Gasteiger partial charge on any atom is 0.211 e. The highest BCUT2D eigenvalue weighted by molar-refractivity contribution is 7.89. The van der Waals surface area contributed by atoms with Crippen molar-refractivity contribution in [3.8, 4) is 0 Å². The normalized spacial score (nSPS) is 11.5. The van der Waals surface area contributed by atoms with Gasteiger partial charge >= 0.3 is 0 Å². The molecular weight excluding hydrogens is 300 g/mol. The van der Waals surface area contributed by atoms with Crippen LogP contribution in [0, 0.1) is 0 Å². The molecule has 0 aliphatic rings. The Morgan fingerprint density at radius 1 is 1.40 bits per heavy atom. The number of benzene rings is 1. The van der Waals surface area contributed by atoms with Crippen LogP contribution >= 0.6 is 11.6 Å². The van der Waals surface area contributed by atoms with Gasteiger partial charge in [0.1, 0.15) is 5.82 Å². The Morgan fingerprint density at radius 3 is 2.85 bits per heavy atom. The first kappa shape index (κ1) is 14.8. The van der Waals surface area contributed by atoms with Gasteiger partial charge in [0.05, 0.1) is 18.3 Å². The standard InChI is InChI=1S/C12H15ClN4O2S/c1-14-20(18,19)5-4-9-6-10(13)2-3-11(9)17-12-7-15-8-16-12/h2-3,6-8,14,17H,4-5H2,1H3,(H,15,16). The summed E-state index contributed by atoms with van der Waals surface area (Å²) in [5, 5.41) is 3.71. The lowest BCUT2D eigenvalue weighted by atomic mass is 10.1. The van der Waals surface area contributed by atoms with E-state index >= 15 is 0 Å². The molecule has 0 atom stereocenters. The van der Waals surface area contributed by atoms with Gasteiger partial charge in [-0.25, -0.2) is 18.1 Å². The first-order valence-corrected chi connectivity index (χ1v) is 7.98. The molecule has 1 heterocycles. The number of H-pyrrole nitrogens is 1. The number of halogens is 1. The van der Waals surface area contributed by atoms with Crippen molar-refractivity contribution < 1.29 is 8.42 Å². The van der Waals surface area contributed by atoms with E-state index < -0.39 is 10.0 Å². The molecule has 0 saturated carbocycles. The lowest BCUT2D eigenvalue weighted by Gasteiger charge is -2.11. The molecule has 20 heavy (non-hydrogen) atoms. The van der Waals surface area contributed by atoms with Crippen molar-refractivity contribution in [2.45, 2.75) is 6.42 Å². The van der Waals surface area contributed by atoms with Crippen molar-refractivity contribution in [2.24, 2.45) is 0 Å². The van der Waals surface area contributed by atoms with Crippen molar-refractivity contribution >= 4 is 33.1 Å². The molecule has 8 heteroatoms. The minimum absolute atomic E-state index is 0.00149. The number of aromatic amines is 1. The number of nitrogens with one attached hydrogen (secondary N) is 3. The summed E-state index contributed by atoms with van der Waals surface area (Å²) >= 11 is 5.97. The van der Waals surface area contributed by atoms with E-state index in [1.165, 1.54) is 7.05 Å². The molecule has 0 radical (unpaired) electrons.